The Morgan fingerprint density at radius 3 is 2.88 bits per heavy atom. The summed E-state index contributed by atoms with van der Waals surface area (Å²) >= 11 is 0. The maximum Gasteiger partial charge on any atom is 0.351 e. The van der Waals surface area contributed by atoms with Crippen LogP contribution < -0.4 is 5.63 Å². The van der Waals surface area contributed by atoms with Gasteiger partial charge < -0.3 is 9.15 Å². The zero-order valence-electron chi connectivity index (χ0n) is 9.65. The lowest BCUT2D eigenvalue weighted by Crippen LogP contribution is -2.16. The number of fused-ring (bicyclic) bond motifs is 1. The van der Waals surface area contributed by atoms with Crippen molar-refractivity contribution >= 4 is 16.9 Å². The number of esters is 1. The zero-order valence-corrected chi connectivity index (χ0v) is 9.65. The SMILES string of the molecule is CCOC(=O)c1cc2c(C)cccc2oc1=O. The van der Waals surface area contributed by atoms with Crippen molar-refractivity contribution in [3.05, 3.63) is 45.8 Å². The predicted molar refractivity (Wildman–Crippen MR) is 63.2 cm³/mol. The van der Waals surface area contributed by atoms with Crippen LogP contribution in [0.25, 0.3) is 11.0 Å². The van der Waals surface area contributed by atoms with Crippen molar-refractivity contribution in [2.45, 2.75) is 13.8 Å². The van der Waals surface area contributed by atoms with E-state index in [0.717, 1.165) is 10.9 Å². The van der Waals surface area contributed by atoms with Gasteiger partial charge >= 0.3 is 11.6 Å². The van der Waals surface area contributed by atoms with Crippen molar-refractivity contribution in [1.29, 1.82) is 0 Å². The van der Waals surface area contributed by atoms with Crippen LogP contribution in [-0.4, -0.2) is 12.6 Å². The summed E-state index contributed by atoms with van der Waals surface area (Å²) in [5.41, 5.74) is 0.690. The van der Waals surface area contributed by atoms with E-state index in [4.69, 9.17) is 9.15 Å². The van der Waals surface area contributed by atoms with E-state index >= 15 is 0 Å². The Kier molecular flexibility index (Phi) is 2.95. The molecule has 0 unspecified atom stereocenters. The molecule has 0 aliphatic rings. The van der Waals surface area contributed by atoms with Crippen LogP contribution in [0.4, 0.5) is 0 Å². The van der Waals surface area contributed by atoms with Crippen molar-refractivity contribution < 1.29 is 13.9 Å². The molecule has 88 valence electrons. The molecular weight excluding hydrogens is 220 g/mol. The minimum absolute atomic E-state index is 0.0614. The van der Waals surface area contributed by atoms with Gasteiger partial charge in [-0.3, -0.25) is 0 Å². The lowest BCUT2D eigenvalue weighted by atomic mass is 10.1. The molecule has 0 bridgehead atoms. The van der Waals surface area contributed by atoms with Gasteiger partial charge in [-0.15, -0.1) is 0 Å². The fraction of sp³-hybridized carbons (Fsp3) is 0.231. The van der Waals surface area contributed by atoms with Gasteiger partial charge in [-0.1, -0.05) is 12.1 Å². The normalized spacial score (nSPS) is 10.5. The van der Waals surface area contributed by atoms with Crippen molar-refractivity contribution in [2.24, 2.45) is 0 Å². The summed E-state index contributed by atoms with van der Waals surface area (Å²) in [5.74, 6) is -0.647. The van der Waals surface area contributed by atoms with Gasteiger partial charge in [0.05, 0.1) is 6.61 Å². The van der Waals surface area contributed by atoms with Crippen LogP contribution in [0.5, 0.6) is 0 Å². The fourth-order valence-electron chi connectivity index (χ4n) is 1.64. The molecule has 0 atom stereocenters. The maximum absolute atomic E-state index is 11.6. The van der Waals surface area contributed by atoms with Crippen molar-refractivity contribution in [1.82, 2.24) is 0 Å². The van der Waals surface area contributed by atoms with Gasteiger partial charge in [0.2, 0.25) is 0 Å². The first-order valence-corrected chi connectivity index (χ1v) is 5.34. The maximum atomic E-state index is 11.6. The predicted octanol–water partition coefficient (Wildman–Crippen LogP) is 2.28. The number of rotatable bonds is 2. The third kappa shape index (κ3) is 2.06. The number of hydrogen-bond acceptors (Lipinski definition) is 4. The molecule has 0 fully saturated rings. The Morgan fingerprint density at radius 2 is 2.18 bits per heavy atom. The van der Waals surface area contributed by atoms with Crippen molar-refractivity contribution in [3.63, 3.8) is 0 Å². The molecule has 0 aliphatic heterocycles. The standard InChI is InChI=1S/C13H12O4/c1-3-16-12(14)10-7-9-8(2)5-4-6-11(9)17-13(10)15/h4-7H,3H2,1-2H3. The second kappa shape index (κ2) is 4.41. The van der Waals surface area contributed by atoms with Crippen LogP contribution in [0.15, 0.2) is 33.5 Å². The number of carbonyl (C=O) groups excluding carboxylic acids is 1. The summed E-state index contributed by atoms with van der Waals surface area (Å²) in [4.78, 5) is 23.1. The minimum atomic E-state index is -0.665. The van der Waals surface area contributed by atoms with E-state index in [2.05, 4.69) is 0 Å². The molecule has 0 spiro atoms. The van der Waals surface area contributed by atoms with Crippen molar-refractivity contribution in [3.8, 4) is 0 Å². The third-order valence-corrected chi connectivity index (χ3v) is 2.49. The number of aryl methyl sites for hydroxylation is 1. The molecule has 2 rings (SSSR count). The van der Waals surface area contributed by atoms with E-state index in [1.807, 2.05) is 13.0 Å². The Balaban J connectivity index is 2.66. The van der Waals surface area contributed by atoms with Crippen LogP contribution in [-0.2, 0) is 4.74 Å². The summed E-state index contributed by atoms with van der Waals surface area (Å²) in [7, 11) is 0. The molecule has 1 aromatic heterocycles. The van der Waals surface area contributed by atoms with Gasteiger partial charge in [-0.05, 0) is 31.5 Å². The van der Waals surface area contributed by atoms with E-state index in [1.54, 1.807) is 19.1 Å². The molecule has 1 heterocycles. The topological polar surface area (TPSA) is 56.5 Å². The number of ether oxygens (including phenoxy) is 1. The van der Waals surface area contributed by atoms with Gasteiger partial charge in [0.25, 0.3) is 0 Å². The number of hydrogen-bond donors (Lipinski definition) is 0. The minimum Gasteiger partial charge on any atom is -0.462 e. The van der Waals surface area contributed by atoms with E-state index in [1.165, 1.54) is 6.07 Å². The molecule has 17 heavy (non-hydrogen) atoms. The second-order valence-corrected chi connectivity index (χ2v) is 3.65. The Morgan fingerprint density at radius 1 is 1.41 bits per heavy atom. The fourth-order valence-corrected chi connectivity index (χ4v) is 1.64. The average molecular weight is 232 g/mol. The van der Waals surface area contributed by atoms with E-state index in [9.17, 15) is 9.59 Å². The molecule has 1 aromatic carbocycles. The third-order valence-electron chi connectivity index (χ3n) is 2.49. The molecule has 4 nitrogen and oxygen atoms in total. The van der Waals surface area contributed by atoms with Gasteiger partial charge in [-0.2, -0.15) is 0 Å². The van der Waals surface area contributed by atoms with Crippen LogP contribution in [0.1, 0.15) is 22.8 Å². The van der Waals surface area contributed by atoms with E-state index < -0.39 is 11.6 Å². The lowest BCUT2D eigenvalue weighted by molar-refractivity contribution is 0.0522. The monoisotopic (exact) mass is 232 g/mol. The van der Waals surface area contributed by atoms with E-state index in [-0.39, 0.29) is 12.2 Å². The largest absolute Gasteiger partial charge is 0.462 e. The van der Waals surface area contributed by atoms with Gasteiger partial charge in [0, 0.05) is 5.39 Å². The lowest BCUT2D eigenvalue weighted by Gasteiger charge is -2.03. The van der Waals surface area contributed by atoms with Crippen LogP contribution >= 0.6 is 0 Å². The Hall–Kier alpha value is -2.10. The average Bonchev–Trinajstić information content (AvgIpc) is 2.29. The van der Waals surface area contributed by atoms with Gasteiger partial charge in [0.15, 0.2) is 0 Å². The molecule has 0 aliphatic carbocycles. The smallest absolute Gasteiger partial charge is 0.351 e. The highest BCUT2D eigenvalue weighted by Gasteiger charge is 2.15. The second-order valence-electron chi connectivity index (χ2n) is 3.65. The molecule has 4 heteroatoms. The summed E-state index contributed by atoms with van der Waals surface area (Å²) < 4.78 is 9.88. The van der Waals surface area contributed by atoms with Gasteiger partial charge in [0.1, 0.15) is 11.1 Å². The quantitative estimate of drug-likeness (QED) is 0.588. The van der Waals surface area contributed by atoms with Crippen LogP contribution in [0.3, 0.4) is 0 Å². The molecule has 0 amide bonds. The molecule has 2 aromatic rings. The summed E-state index contributed by atoms with van der Waals surface area (Å²) in [6.45, 7) is 3.80. The van der Waals surface area contributed by atoms with Crippen LogP contribution in [0.2, 0.25) is 0 Å². The van der Waals surface area contributed by atoms with Gasteiger partial charge in [-0.25, -0.2) is 9.59 Å². The first kappa shape index (κ1) is 11.4. The highest BCUT2D eigenvalue weighted by atomic mass is 16.5. The Bertz CT molecular complexity index is 625. The highest BCUT2D eigenvalue weighted by molar-refractivity contribution is 5.93. The Labute approximate surface area is 97.8 Å². The number of carbonyl (C=O) groups is 1. The molecule has 0 N–H and O–H groups in total. The molecular formula is C13H12O4. The first-order valence-electron chi connectivity index (χ1n) is 5.34. The number of benzene rings is 1. The van der Waals surface area contributed by atoms with E-state index in [0.29, 0.717) is 5.58 Å². The zero-order chi connectivity index (χ0) is 12.4. The van der Waals surface area contributed by atoms with Crippen molar-refractivity contribution in [2.75, 3.05) is 6.61 Å². The summed E-state index contributed by atoms with van der Waals surface area (Å²) in [5, 5.41) is 0.746. The molecule has 0 saturated heterocycles. The van der Waals surface area contributed by atoms with Crippen LogP contribution in [0, 0.1) is 6.92 Å². The molecule has 0 saturated carbocycles. The summed E-state index contributed by atoms with van der Waals surface area (Å²) in [6, 6.07) is 6.90. The first-order chi connectivity index (χ1) is 8.13. The summed E-state index contributed by atoms with van der Waals surface area (Å²) in [6.07, 6.45) is 0. The molecule has 0 radical (unpaired) electrons. The highest BCUT2D eigenvalue weighted by Crippen LogP contribution is 2.17.